The van der Waals surface area contributed by atoms with Crippen LogP contribution in [0.5, 0.6) is 0 Å². The van der Waals surface area contributed by atoms with Crippen molar-refractivity contribution in [1.29, 1.82) is 0 Å². The Kier molecular flexibility index (Phi) is 4.22. The third-order valence-electron chi connectivity index (χ3n) is 3.16. The summed E-state index contributed by atoms with van der Waals surface area (Å²) in [5.41, 5.74) is 0.994. The van der Waals surface area contributed by atoms with Gasteiger partial charge in [-0.1, -0.05) is 26.0 Å². The Morgan fingerprint density at radius 3 is 2.58 bits per heavy atom. The fraction of sp³-hybridized carbons (Fsp3) is 0.333. The van der Waals surface area contributed by atoms with Crippen molar-refractivity contribution in [2.45, 2.75) is 19.8 Å². The van der Waals surface area contributed by atoms with Gasteiger partial charge < -0.3 is 5.11 Å². The van der Waals surface area contributed by atoms with Crippen LogP contribution in [0.25, 0.3) is 11.3 Å². The highest BCUT2D eigenvalue weighted by molar-refractivity contribution is 5.59. The molecular formula is C15H17FN2O. The van der Waals surface area contributed by atoms with Crippen LogP contribution in [-0.2, 0) is 0 Å². The quantitative estimate of drug-likeness (QED) is 0.919. The first kappa shape index (κ1) is 13.6. The van der Waals surface area contributed by atoms with E-state index in [4.69, 9.17) is 0 Å². The number of benzene rings is 1. The Balaban J connectivity index is 2.42. The van der Waals surface area contributed by atoms with E-state index >= 15 is 0 Å². The fourth-order valence-electron chi connectivity index (χ4n) is 1.96. The predicted molar refractivity (Wildman–Crippen MR) is 72.1 cm³/mol. The molecule has 0 saturated carbocycles. The third kappa shape index (κ3) is 2.96. The zero-order valence-corrected chi connectivity index (χ0v) is 11.0. The lowest BCUT2D eigenvalue weighted by Gasteiger charge is -2.17. The van der Waals surface area contributed by atoms with E-state index in [1.165, 1.54) is 6.07 Å². The van der Waals surface area contributed by atoms with Gasteiger partial charge in [0.25, 0.3) is 0 Å². The summed E-state index contributed by atoms with van der Waals surface area (Å²) in [4.78, 5) is 8.58. The van der Waals surface area contributed by atoms with Crippen molar-refractivity contribution in [2.75, 3.05) is 6.61 Å². The van der Waals surface area contributed by atoms with Crippen molar-refractivity contribution < 1.29 is 9.50 Å². The Morgan fingerprint density at radius 2 is 1.95 bits per heavy atom. The molecule has 1 unspecified atom stereocenters. The fourth-order valence-corrected chi connectivity index (χ4v) is 1.96. The van der Waals surface area contributed by atoms with Crippen LogP contribution in [0.4, 0.5) is 4.39 Å². The molecule has 0 aliphatic heterocycles. The van der Waals surface area contributed by atoms with Crippen molar-refractivity contribution in [3.8, 4) is 11.3 Å². The van der Waals surface area contributed by atoms with Crippen molar-refractivity contribution >= 4 is 0 Å². The van der Waals surface area contributed by atoms with Crippen LogP contribution in [0.3, 0.4) is 0 Å². The highest BCUT2D eigenvalue weighted by Crippen LogP contribution is 2.24. The topological polar surface area (TPSA) is 46.0 Å². The van der Waals surface area contributed by atoms with Crippen molar-refractivity contribution in [2.24, 2.45) is 5.92 Å². The van der Waals surface area contributed by atoms with E-state index in [2.05, 4.69) is 9.97 Å². The number of aliphatic hydroxyl groups excluding tert-OH is 1. The first-order valence-electron chi connectivity index (χ1n) is 6.32. The van der Waals surface area contributed by atoms with Gasteiger partial charge in [0, 0.05) is 17.7 Å². The standard InChI is InChI=1S/C15H17FN2O/c1-10(2)12(9-19)15-17-8-7-14(18-15)11-5-3-4-6-13(11)16/h3-8,10,12,19H,9H2,1-2H3. The maximum Gasteiger partial charge on any atom is 0.134 e. The van der Waals surface area contributed by atoms with Crippen LogP contribution < -0.4 is 0 Å². The SMILES string of the molecule is CC(C)C(CO)c1nccc(-c2ccccc2F)n1. The van der Waals surface area contributed by atoms with Crippen molar-refractivity contribution in [1.82, 2.24) is 9.97 Å². The van der Waals surface area contributed by atoms with Gasteiger partial charge in [-0.2, -0.15) is 0 Å². The van der Waals surface area contributed by atoms with Gasteiger partial charge in [0.1, 0.15) is 11.6 Å². The maximum atomic E-state index is 13.7. The number of halogens is 1. The molecule has 100 valence electrons. The smallest absolute Gasteiger partial charge is 0.134 e. The van der Waals surface area contributed by atoms with Crippen LogP contribution >= 0.6 is 0 Å². The molecule has 0 aliphatic carbocycles. The second-order valence-corrected chi connectivity index (χ2v) is 4.81. The second-order valence-electron chi connectivity index (χ2n) is 4.81. The first-order chi connectivity index (χ1) is 9.13. The second kappa shape index (κ2) is 5.89. The summed E-state index contributed by atoms with van der Waals surface area (Å²) in [6.07, 6.45) is 1.61. The molecule has 0 fully saturated rings. The molecule has 19 heavy (non-hydrogen) atoms. The number of nitrogens with zero attached hydrogens (tertiary/aromatic N) is 2. The lowest BCUT2D eigenvalue weighted by molar-refractivity contribution is 0.232. The largest absolute Gasteiger partial charge is 0.396 e. The molecule has 0 saturated heterocycles. The summed E-state index contributed by atoms with van der Waals surface area (Å²) in [5, 5.41) is 9.41. The van der Waals surface area contributed by atoms with E-state index in [0.29, 0.717) is 17.1 Å². The molecule has 1 N–H and O–H groups in total. The van der Waals surface area contributed by atoms with E-state index in [0.717, 1.165) is 0 Å². The molecule has 1 atom stereocenters. The molecular weight excluding hydrogens is 243 g/mol. The molecule has 1 heterocycles. The Bertz CT molecular complexity index is 557. The van der Waals surface area contributed by atoms with E-state index in [1.54, 1.807) is 30.5 Å². The van der Waals surface area contributed by atoms with E-state index in [-0.39, 0.29) is 24.3 Å². The van der Waals surface area contributed by atoms with Gasteiger partial charge in [-0.05, 0) is 24.1 Å². The first-order valence-corrected chi connectivity index (χ1v) is 6.32. The molecule has 2 aromatic rings. The normalized spacial score (nSPS) is 12.7. The van der Waals surface area contributed by atoms with Crippen LogP contribution in [0, 0.1) is 11.7 Å². The molecule has 1 aromatic heterocycles. The number of rotatable bonds is 4. The highest BCUT2D eigenvalue weighted by Gasteiger charge is 2.18. The molecule has 0 aliphatic rings. The Morgan fingerprint density at radius 1 is 1.21 bits per heavy atom. The van der Waals surface area contributed by atoms with Crippen molar-refractivity contribution in [3.05, 3.63) is 48.2 Å². The molecule has 0 bridgehead atoms. The number of hydrogen-bond donors (Lipinski definition) is 1. The summed E-state index contributed by atoms with van der Waals surface area (Å²) in [6, 6.07) is 8.18. The number of aromatic nitrogens is 2. The van der Waals surface area contributed by atoms with Crippen molar-refractivity contribution in [3.63, 3.8) is 0 Å². The Hall–Kier alpha value is -1.81. The zero-order valence-electron chi connectivity index (χ0n) is 11.0. The minimum Gasteiger partial charge on any atom is -0.396 e. The molecule has 0 spiro atoms. The predicted octanol–water partition coefficient (Wildman–Crippen LogP) is 3.01. The van der Waals surface area contributed by atoms with Gasteiger partial charge in [-0.25, -0.2) is 14.4 Å². The average molecular weight is 260 g/mol. The van der Waals surface area contributed by atoms with Crippen LogP contribution in [0.2, 0.25) is 0 Å². The molecule has 3 nitrogen and oxygen atoms in total. The molecule has 0 radical (unpaired) electrons. The van der Waals surface area contributed by atoms with E-state index in [1.807, 2.05) is 13.8 Å². The number of hydrogen-bond acceptors (Lipinski definition) is 3. The van der Waals surface area contributed by atoms with Gasteiger partial charge >= 0.3 is 0 Å². The van der Waals surface area contributed by atoms with Crippen LogP contribution in [-0.4, -0.2) is 21.7 Å². The average Bonchev–Trinajstić information content (AvgIpc) is 2.40. The summed E-state index contributed by atoms with van der Waals surface area (Å²) < 4.78 is 13.7. The third-order valence-corrected chi connectivity index (χ3v) is 3.16. The van der Waals surface area contributed by atoms with E-state index < -0.39 is 0 Å². The minimum atomic E-state index is -0.308. The Labute approximate surface area is 112 Å². The van der Waals surface area contributed by atoms with Gasteiger partial charge in [0.2, 0.25) is 0 Å². The highest BCUT2D eigenvalue weighted by atomic mass is 19.1. The van der Waals surface area contributed by atoms with E-state index in [9.17, 15) is 9.50 Å². The van der Waals surface area contributed by atoms with Gasteiger partial charge in [-0.15, -0.1) is 0 Å². The summed E-state index contributed by atoms with van der Waals surface area (Å²) in [5.74, 6) is 0.336. The molecule has 1 aromatic carbocycles. The lowest BCUT2D eigenvalue weighted by Crippen LogP contribution is -2.15. The molecule has 0 amide bonds. The van der Waals surface area contributed by atoms with Gasteiger partial charge in [0.15, 0.2) is 0 Å². The van der Waals surface area contributed by atoms with Crippen LogP contribution in [0.1, 0.15) is 25.6 Å². The minimum absolute atomic E-state index is 0.0155. The zero-order chi connectivity index (χ0) is 13.8. The molecule has 4 heteroatoms. The van der Waals surface area contributed by atoms with Gasteiger partial charge in [-0.3, -0.25) is 0 Å². The summed E-state index contributed by atoms with van der Waals surface area (Å²) in [7, 11) is 0. The maximum absolute atomic E-state index is 13.7. The van der Waals surface area contributed by atoms with Crippen LogP contribution in [0.15, 0.2) is 36.5 Å². The monoisotopic (exact) mass is 260 g/mol. The summed E-state index contributed by atoms with van der Waals surface area (Å²) >= 11 is 0. The summed E-state index contributed by atoms with van der Waals surface area (Å²) in [6.45, 7) is 3.98. The van der Waals surface area contributed by atoms with Gasteiger partial charge in [0.05, 0.1) is 12.3 Å². The molecule has 2 rings (SSSR count). The number of aliphatic hydroxyl groups is 1. The lowest BCUT2D eigenvalue weighted by atomic mass is 9.96.